The van der Waals surface area contributed by atoms with Gasteiger partial charge in [-0.05, 0) is 35.4 Å². The van der Waals surface area contributed by atoms with Gasteiger partial charge in [-0.25, -0.2) is 9.67 Å². The first-order valence-electron chi connectivity index (χ1n) is 7.27. The van der Waals surface area contributed by atoms with Gasteiger partial charge in [0.15, 0.2) is 5.82 Å². The van der Waals surface area contributed by atoms with Gasteiger partial charge in [-0.3, -0.25) is 4.79 Å². The lowest BCUT2D eigenvalue weighted by Crippen LogP contribution is -2.35. The number of hydrogen-bond donors (Lipinski definition) is 1. The fraction of sp³-hybridized carbons (Fsp3) is 0.357. The highest BCUT2D eigenvalue weighted by Crippen LogP contribution is 2.13. The number of imidazole rings is 1. The zero-order chi connectivity index (χ0) is 14.9. The van der Waals surface area contributed by atoms with Crippen LogP contribution in [0.5, 0.6) is 0 Å². The Kier molecular flexibility index (Phi) is 3.06. The molecule has 0 aromatic carbocycles. The van der Waals surface area contributed by atoms with E-state index in [9.17, 15) is 4.79 Å². The van der Waals surface area contributed by atoms with E-state index in [0.29, 0.717) is 5.56 Å². The summed E-state index contributed by atoms with van der Waals surface area (Å²) >= 11 is 0. The molecule has 4 heterocycles. The van der Waals surface area contributed by atoms with E-state index in [4.69, 9.17) is 0 Å². The van der Waals surface area contributed by atoms with E-state index in [1.807, 2.05) is 21.2 Å². The van der Waals surface area contributed by atoms with Gasteiger partial charge in [0.25, 0.3) is 5.91 Å². The Balaban J connectivity index is 1.46. The van der Waals surface area contributed by atoms with Crippen LogP contribution in [0.1, 0.15) is 29.0 Å². The number of fused-ring (bicyclic) bond motifs is 2. The Bertz CT molecular complexity index is 799. The summed E-state index contributed by atoms with van der Waals surface area (Å²) in [4.78, 5) is 16.5. The summed E-state index contributed by atoms with van der Waals surface area (Å²) < 4.78 is 3.65. The monoisotopic (exact) mass is 297 g/mol. The molecule has 1 aliphatic heterocycles. The lowest BCUT2D eigenvalue weighted by atomic mass is 10.1. The molecule has 0 fully saturated rings. The van der Waals surface area contributed by atoms with E-state index in [1.54, 1.807) is 18.7 Å². The second-order valence-corrected chi connectivity index (χ2v) is 5.46. The first-order chi connectivity index (χ1) is 10.8. The molecule has 0 bridgehead atoms. The van der Waals surface area contributed by atoms with Crippen molar-refractivity contribution in [2.75, 3.05) is 0 Å². The fourth-order valence-electron chi connectivity index (χ4n) is 2.77. The number of rotatable bonds is 2. The lowest BCUT2D eigenvalue weighted by Gasteiger charge is -2.15. The average molecular weight is 297 g/mol. The molecule has 0 saturated heterocycles. The molecule has 8 heteroatoms. The van der Waals surface area contributed by atoms with Crippen LogP contribution in [0.4, 0.5) is 0 Å². The summed E-state index contributed by atoms with van der Waals surface area (Å²) in [5.74, 6) is 0.822. The highest BCUT2D eigenvalue weighted by atomic mass is 16.1. The maximum Gasteiger partial charge on any atom is 0.252 e. The molecular formula is C14H15N7O. The van der Waals surface area contributed by atoms with Crippen molar-refractivity contribution < 1.29 is 4.79 Å². The van der Waals surface area contributed by atoms with Crippen molar-refractivity contribution >= 4 is 11.4 Å². The van der Waals surface area contributed by atoms with E-state index < -0.39 is 0 Å². The molecule has 1 aliphatic rings. The summed E-state index contributed by atoms with van der Waals surface area (Å²) in [6.45, 7) is 0.730. The van der Waals surface area contributed by atoms with Gasteiger partial charge in [0.05, 0.1) is 23.6 Å². The predicted molar refractivity (Wildman–Crippen MR) is 77.2 cm³/mol. The molecule has 1 N–H and O–H groups in total. The van der Waals surface area contributed by atoms with Crippen molar-refractivity contribution in [3.63, 3.8) is 0 Å². The van der Waals surface area contributed by atoms with E-state index in [-0.39, 0.29) is 11.9 Å². The molecule has 3 aromatic rings. The van der Waals surface area contributed by atoms with E-state index in [2.05, 4.69) is 25.8 Å². The molecule has 1 atom stereocenters. The Morgan fingerprint density at radius 1 is 1.32 bits per heavy atom. The number of hydrogen-bond acceptors (Lipinski definition) is 5. The molecule has 3 aromatic heterocycles. The van der Waals surface area contributed by atoms with Crippen LogP contribution in [-0.2, 0) is 13.0 Å². The number of aryl methyl sites for hydroxylation is 2. The molecule has 112 valence electrons. The molecule has 4 rings (SSSR count). The molecule has 0 aliphatic carbocycles. The summed E-state index contributed by atoms with van der Waals surface area (Å²) in [5, 5.41) is 14.7. The number of nitrogens with zero attached hydrogens (tertiary/aromatic N) is 6. The highest BCUT2D eigenvalue weighted by Gasteiger charge is 2.20. The number of tetrazole rings is 1. The average Bonchev–Trinajstić information content (AvgIpc) is 3.14. The van der Waals surface area contributed by atoms with Crippen molar-refractivity contribution in [3.8, 4) is 0 Å². The number of amides is 1. The number of pyridine rings is 1. The second kappa shape index (κ2) is 5.21. The highest BCUT2D eigenvalue weighted by molar-refractivity contribution is 5.94. The zero-order valence-electron chi connectivity index (χ0n) is 11.9. The van der Waals surface area contributed by atoms with Gasteiger partial charge in [-0.15, -0.1) is 5.10 Å². The maximum atomic E-state index is 12.4. The first-order valence-corrected chi connectivity index (χ1v) is 7.27. The molecular weight excluding hydrogens is 282 g/mol. The SMILES string of the molecule is O=C(NC1CCc2nnnn2CC1)c1ccc2cncn2c1. The van der Waals surface area contributed by atoms with Crippen LogP contribution in [0.2, 0.25) is 0 Å². The first kappa shape index (κ1) is 12.9. The topological polar surface area (TPSA) is 90.0 Å². The third-order valence-corrected chi connectivity index (χ3v) is 4.02. The third-order valence-electron chi connectivity index (χ3n) is 4.02. The molecule has 8 nitrogen and oxygen atoms in total. The molecule has 1 amide bonds. The van der Waals surface area contributed by atoms with Gasteiger partial charge in [-0.1, -0.05) is 0 Å². The van der Waals surface area contributed by atoms with Crippen molar-refractivity contribution in [2.45, 2.75) is 31.8 Å². The van der Waals surface area contributed by atoms with Gasteiger partial charge in [0.1, 0.15) is 0 Å². The minimum atomic E-state index is -0.0637. The summed E-state index contributed by atoms with van der Waals surface area (Å²) in [6, 6.07) is 3.83. The van der Waals surface area contributed by atoms with Crippen LogP contribution in [-0.4, -0.2) is 41.5 Å². The van der Waals surface area contributed by atoms with Gasteiger partial charge < -0.3 is 9.72 Å². The van der Waals surface area contributed by atoms with Crippen LogP contribution in [0, 0.1) is 0 Å². The summed E-state index contributed by atoms with van der Waals surface area (Å²) in [5.41, 5.74) is 1.60. The van der Waals surface area contributed by atoms with E-state index in [1.165, 1.54) is 0 Å². The zero-order valence-corrected chi connectivity index (χ0v) is 11.9. The number of aromatic nitrogens is 6. The Hall–Kier alpha value is -2.77. The Morgan fingerprint density at radius 3 is 3.23 bits per heavy atom. The van der Waals surface area contributed by atoms with Crippen molar-refractivity contribution in [3.05, 3.63) is 42.2 Å². The van der Waals surface area contributed by atoms with Crippen LogP contribution in [0.15, 0.2) is 30.9 Å². The van der Waals surface area contributed by atoms with Crippen LogP contribution in [0.25, 0.3) is 5.52 Å². The molecule has 0 radical (unpaired) electrons. The van der Waals surface area contributed by atoms with Gasteiger partial charge in [0, 0.05) is 25.2 Å². The fourth-order valence-corrected chi connectivity index (χ4v) is 2.77. The summed E-state index contributed by atoms with van der Waals surface area (Å²) in [6.07, 6.45) is 7.70. The molecule has 0 saturated carbocycles. The van der Waals surface area contributed by atoms with E-state index >= 15 is 0 Å². The minimum Gasteiger partial charge on any atom is -0.349 e. The summed E-state index contributed by atoms with van der Waals surface area (Å²) in [7, 11) is 0. The predicted octanol–water partition coefficient (Wildman–Crippen LogP) is 0.456. The molecule has 22 heavy (non-hydrogen) atoms. The third kappa shape index (κ3) is 2.32. The standard InChI is InChI=1S/C14H15N7O/c22-14(10-1-3-12-7-15-9-20(12)8-10)16-11-2-4-13-17-18-19-21(13)6-5-11/h1,3,7-9,11H,2,4-6H2,(H,16,22). The minimum absolute atomic E-state index is 0.0637. The van der Waals surface area contributed by atoms with Crippen molar-refractivity contribution in [2.24, 2.45) is 0 Å². The number of carbonyl (C=O) groups excluding carboxylic acids is 1. The number of nitrogens with one attached hydrogen (secondary N) is 1. The Morgan fingerprint density at radius 2 is 2.27 bits per heavy atom. The Labute approximate surface area is 126 Å². The van der Waals surface area contributed by atoms with Crippen LogP contribution < -0.4 is 5.32 Å². The van der Waals surface area contributed by atoms with Gasteiger partial charge in [0.2, 0.25) is 0 Å². The smallest absolute Gasteiger partial charge is 0.252 e. The van der Waals surface area contributed by atoms with Crippen LogP contribution >= 0.6 is 0 Å². The maximum absolute atomic E-state index is 12.4. The molecule has 0 spiro atoms. The van der Waals surface area contributed by atoms with Crippen LogP contribution in [0.3, 0.4) is 0 Å². The van der Waals surface area contributed by atoms with E-state index in [0.717, 1.165) is 37.1 Å². The second-order valence-electron chi connectivity index (χ2n) is 5.46. The van der Waals surface area contributed by atoms with Crippen molar-refractivity contribution in [1.82, 2.24) is 34.9 Å². The van der Waals surface area contributed by atoms with Gasteiger partial charge in [-0.2, -0.15) is 0 Å². The van der Waals surface area contributed by atoms with Gasteiger partial charge >= 0.3 is 0 Å². The van der Waals surface area contributed by atoms with Crippen molar-refractivity contribution in [1.29, 1.82) is 0 Å². The normalized spacial score (nSPS) is 17.9. The molecule has 1 unspecified atom stereocenters. The number of carbonyl (C=O) groups is 1. The quantitative estimate of drug-likeness (QED) is 0.742. The largest absolute Gasteiger partial charge is 0.349 e. The lowest BCUT2D eigenvalue weighted by molar-refractivity contribution is 0.0932.